The van der Waals surface area contributed by atoms with E-state index >= 15 is 0 Å². The first-order valence-electron chi connectivity index (χ1n) is 5.40. The van der Waals surface area contributed by atoms with E-state index in [1.54, 1.807) is 6.07 Å². The van der Waals surface area contributed by atoms with E-state index in [4.69, 9.17) is 28.5 Å². The summed E-state index contributed by atoms with van der Waals surface area (Å²) >= 11 is 14.8. The molecular formula is C11H9BrCl2N2O4S. The summed E-state index contributed by atoms with van der Waals surface area (Å²) in [4.78, 5) is 11.0. The van der Waals surface area contributed by atoms with Crippen molar-refractivity contribution in [3.05, 3.63) is 26.7 Å². The van der Waals surface area contributed by atoms with E-state index in [9.17, 15) is 13.2 Å². The van der Waals surface area contributed by atoms with Crippen molar-refractivity contribution in [3.63, 3.8) is 0 Å². The summed E-state index contributed by atoms with van der Waals surface area (Å²) in [5, 5.41) is 8.29. The Labute approximate surface area is 140 Å². The first-order valence-corrected chi connectivity index (χ1v) is 8.44. The quantitative estimate of drug-likeness (QED) is 0.745. The van der Waals surface area contributed by atoms with Crippen LogP contribution in [-0.4, -0.2) is 27.0 Å². The zero-order valence-corrected chi connectivity index (χ0v) is 14.5. The summed E-state index contributed by atoms with van der Waals surface area (Å²) in [6.45, 7) is 0.714. The van der Waals surface area contributed by atoms with Crippen LogP contribution in [0.3, 0.4) is 0 Å². The third-order valence-electron chi connectivity index (χ3n) is 2.13. The second kappa shape index (κ2) is 7.42. The van der Waals surface area contributed by atoms with Gasteiger partial charge in [-0.15, -0.1) is 0 Å². The fraction of sp³-hybridized carbons (Fsp3) is 0.273. The molecule has 1 aromatic rings. The van der Waals surface area contributed by atoms with Gasteiger partial charge in [0.2, 0.25) is 10.0 Å². The van der Waals surface area contributed by atoms with Gasteiger partial charge in [0.05, 0.1) is 10.0 Å². The third kappa shape index (κ3) is 5.13. The minimum Gasteiger partial charge on any atom is -0.446 e. The number of sulfonamides is 1. The number of nitrogens with one attached hydrogen (secondary N) is 1. The average molecular weight is 416 g/mol. The van der Waals surface area contributed by atoms with Crippen LogP contribution in [0.4, 0.5) is 0 Å². The Bertz CT molecular complexity index is 680. The number of hydrogen-bond donors (Lipinski definition) is 1. The largest absolute Gasteiger partial charge is 0.446 e. The molecule has 0 saturated carbocycles. The Kier molecular flexibility index (Phi) is 6.43. The zero-order valence-electron chi connectivity index (χ0n) is 10.6. The molecule has 21 heavy (non-hydrogen) atoms. The van der Waals surface area contributed by atoms with Gasteiger partial charge in [-0.05, 0) is 19.1 Å². The van der Waals surface area contributed by atoms with Crippen molar-refractivity contribution in [1.29, 1.82) is 5.26 Å². The Morgan fingerprint density at radius 1 is 1.48 bits per heavy atom. The number of hydrogen-bond acceptors (Lipinski definition) is 5. The normalized spacial score (nSPS) is 12.5. The van der Waals surface area contributed by atoms with Crippen molar-refractivity contribution < 1.29 is 17.9 Å². The van der Waals surface area contributed by atoms with Gasteiger partial charge in [-0.25, -0.2) is 8.42 Å². The molecule has 0 aliphatic heterocycles. The lowest BCUT2D eigenvalue weighted by atomic mass is 10.4. The van der Waals surface area contributed by atoms with Crippen molar-refractivity contribution in [3.8, 4) is 6.07 Å². The van der Waals surface area contributed by atoms with Crippen LogP contribution in [0.1, 0.15) is 6.92 Å². The SMILES string of the molecule is CC(C#N)OC(=O)CNS(=O)(=O)c1c(Cl)cc(Br)cc1Cl. The summed E-state index contributed by atoms with van der Waals surface area (Å²) < 4.78 is 31.3. The number of carbonyl (C=O) groups excluding carboxylic acids is 1. The topological polar surface area (TPSA) is 96.3 Å². The highest BCUT2D eigenvalue weighted by Gasteiger charge is 2.23. The maximum absolute atomic E-state index is 12.1. The smallest absolute Gasteiger partial charge is 0.322 e. The van der Waals surface area contributed by atoms with E-state index < -0.39 is 28.6 Å². The van der Waals surface area contributed by atoms with Gasteiger partial charge in [-0.3, -0.25) is 4.79 Å². The Balaban J connectivity index is 2.89. The predicted octanol–water partition coefficient (Wildman–Crippen LogP) is 2.49. The summed E-state index contributed by atoms with van der Waals surface area (Å²) in [5.41, 5.74) is 0. The molecule has 1 aromatic carbocycles. The van der Waals surface area contributed by atoms with Crippen molar-refractivity contribution >= 4 is 55.1 Å². The van der Waals surface area contributed by atoms with E-state index in [0.29, 0.717) is 4.47 Å². The van der Waals surface area contributed by atoms with Gasteiger partial charge in [0.1, 0.15) is 17.5 Å². The minimum atomic E-state index is -4.09. The Morgan fingerprint density at radius 2 is 2.00 bits per heavy atom. The molecule has 0 aliphatic carbocycles. The molecule has 1 N–H and O–H groups in total. The monoisotopic (exact) mass is 414 g/mol. The van der Waals surface area contributed by atoms with Crippen molar-refractivity contribution in [2.45, 2.75) is 17.9 Å². The van der Waals surface area contributed by atoms with E-state index in [0.717, 1.165) is 0 Å². The molecule has 0 fully saturated rings. The Hall–Kier alpha value is -0.850. The molecule has 1 unspecified atom stereocenters. The molecule has 0 aliphatic rings. The average Bonchev–Trinajstić information content (AvgIpc) is 2.34. The number of rotatable bonds is 5. The van der Waals surface area contributed by atoms with Crippen LogP contribution < -0.4 is 4.72 Å². The van der Waals surface area contributed by atoms with Crippen LogP contribution in [0.5, 0.6) is 0 Å². The van der Waals surface area contributed by atoms with Gasteiger partial charge in [0.25, 0.3) is 0 Å². The molecule has 0 amide bonds. The van der Waals surface area contributed by atoms with Gasteiger partial charge in [0, 0.05) is 4.47 Å². The number of ether oxygens (including phenoxy) is 1. The summed E-state index contributed by atoms with van der Waals surface area (Å²) in [6, 6.07) is 4.40. The van der Waals surface area contributed by atoms with Crippen LogP contribution in [0.25, 0.3) is 0 Å². The number of esters is 1. The molecule has 114 valence electrons. The van der Waals surface area contributed by atoms with Crippen molar-refractivity contribution in [1.82, 2.24) is 4.72 Å². The van der Waals surface area contributed by atoms with Gasteiger partial charge >= 0.3 is 5.97 Å². The van der Waals surface area contributed by atoms with Crippen molar-refractivity contribution in [2.24, 2.45) is 0 Å². The molecule has 0 radical (unpaired) electrons. The lowest BCUT2D eigenvalue weighted by Crippen LogP contribution is -2.32. The molecule has 0 spiro atoms. The first kappa shape index (κ1) is 18.2. The highest BCUT2D eigenvalue weighted by Crippen LogP contribution is 2.32. The molecular weight excluding hydrogens is 407 g/mol. The van der Waals surface area contributed by atoms with E-state index in [1.807, 2.05) is 4.72 Å². The van der Waals surface area contributed by atoms with E-state index in [2.05, 4.69) is 20.7 Å². The number of carbonyl (C=O) groups is 1. The number of nitrogens with zero attached hydrogens (tertiary/aromatic N) is 1. The lowest BCUT2D eigenvalue weighted by Gasteiger charge is -2.11. The predicted molar refractivity (Wildman–Crippen MR) is 80.5 cm³/mol. The molecule has 1 atom stereocenters. The summed E-state index contributed by atoms with van der Waals surface area (Å²) in [5.74, 6) is -0.892. The second-order valence-electron chi connectivity index (χ2n) is 3.78. The van der Waals surface area contributed by atoms with Crippen LogP contribution in [0.2, 0.25) is 10.0 Å². The first-order chi connectivity index (χ1) is 9.67. The molecule has 1 rings (SSSR count). The number of halogens is 3. The molecule has 0 heterocycles. The Morgan fingerprint density at radius 3 is 2.48 bits per heavy atom. The highest BCUT2D eigenvalue weighted by molar-refractivity contribution is 9.10. The van der Waals surface area contributed by atoms with Gasteiger partial charge < -0.3 is 4.74 Å². The maximum Gasteiger partial charge on any atom is 0.322 e. The van der Waals surface area contributed by atoms with Gasteiger partial charge in [-0.1, -0.05) is 39.1 Å². The lowest BCUT2D eigenvalue weighted by molar-refractivity contribution is -0.144. The minimum absolute atomic E-state index is 0.0966. The fourth-order valence-corrected chi connectivity index (χ4v) is 4.18. The van der Waals surface area contributed by atoms with Crippen LogP contribution in [-0.2, 0) is 19.6 Å². The molecule has 10 heteroatoms. The second-order valence-corrected chi connectivity index (χ2v) is 7.22. The van der Waals surface area contributed by atoms with Crippen LogP contribution in [0, 0.1) is 11.3 Å². The maximum atomic E-state index is 12.1. The van der Waals surface area contributed by atoms with Crippen LogP contribution in [0.15, 0.2) is 21.5 Å². The molecule has 0 bridgehead atoms. The third-order valence-corrected chi connectivity index (χ3v) is 4.91. The molecule has 0 saturated heterocycles. The molecule has 6 nitrogen and oxygen atoms in total. The summed E-state index contributed by atoms with van der Waals surface area (Å²) in [6.07, 6.45) is -0.970. The van der Waals surface area contributed by atoms with Gasteiger partial charge in [-0.2, -0.15) is 9.98 Å². The number of benzene rings is 1. The van der Waals surface area contributed by atoms with Gasteiger partial charge in [0.15, 0.2) is 6.10 Å². The highest BCUT2D eigenvalue weighted by atomic mass is 79.9. The number of nitriles is 1. The van der Waals surface area contributed by atoms with Crippen LogP contribution >= 0.6 is 39.1 Å². The van der Waals surface area contributed by atoms with Crippen molar-refractivity contribution in [2.75, 3.05) is 6.54 Å². The van der Waals surface area contributed by atoms with E-state index in [-0.39, 0.29) is 14.9 Å². The molecule has 0 aromatic heterocycles. The van der Waals surface area contributed by atoms with E-state index in [1.165, 1.54) is 19.1 Å². The zero-order chi connectivity index (χ0) is 16.2. The standard InChI is InChI=1S/C11H9BrCl2N2O4S/c1-6(4-15)20-10(17)5-16-21(18,19)11-8(13)2-7(12)3-9(11)14/h2-3,6,16H,5H2,1H3. The summed E-state index contributed by atoms with van der Waals surface area (Å²) in [7, 11) is -4.09. The fourth-order valence-electron chi connectivity index (χ4n) is 1.28.